The second-order valence-electron chi connectivity index (χ2n) is 2.88. The summed E-state index contributed by atoms with van der Waals surface area (Å²) in [6, 6.07) is 8.84. The van der Waals surface area contributed by atoms with Crippen LogP contribution in [0.4, 0.5) is 0 Å². The monoisotopic (exact) mass is 204 g/mol. The van der Waals surface area contributed by atoms with E-state index in [9.17, 15) is 4.79 Å². The van der Waals surface area contributed by atoms with Crippen LogP contribution in [0.15, 0.2) is 29.3 Å². The van der Waals surface area contributed by atoms with Crippen molar-refractivity contribution >= 4 is 22.5 Å². The SMILES string of the molecule is N#CC1C(=O)N=c2ccccc2=C1Cl. The standard InChI is InChI=1S/C10H5ClN2O/c11-9-6-3-1-2-4-8(6)13-10(14)7(9)5-12/h1-4,7H. The number of halogens is 1. The fourth-order valence-electron chi connectivity index (χ4n) is 1.33. The number of carbonyl (C=O) groups is 1. The maximum atomic E-state index is 11.3. The molecule has 0 fully saturated rings. The Morgan fingerprint density at radius 2 is 2.14 bits per heavy atom. The zero-order valence-corrected chi connectivity index (χ0v) is 7.82. The molecule has 1 aromatic rings. The molecular weight excluding hydrogens is 200 g/mol. The normalized spacial score (nSPS) is 19.6. The second-order valence-corrected chi connectivity index (χ2v) is 3.28. The van der Waals surface area contributed by atoms with Crippen LogP contribution in [0.3, 0.4) is 0 Å². The van der Waals surface area contributed by atoms with Crippen LogP contribution in [0.5, 0.6) is 0 Å². The zero-order valence-electron chi connectivity index (χ0n) is 7.07. The maximum Gasteiger partial charge on any atom is 0.269 e. The quantitative estimate of drug-likeness (QED) is 0.612. The Morgan fingerprint density at radius 1 is 1.43 bits per heavy atom. The molecule has 0 radical (unpaired) electrons. The van der Waals surface area contributed by atoms with Gasteiger partial charge in [-0.25, -0.2) is 4.99 Å². The summed E-state index contributed by atoms with van der Waals surface area (Å²) in [7, 11) is 0. The summed E-state index contributed by atoms with van der Waals surface area (Å²) in [6.45, 7) is 0. The van der Waals surface area contributed by atoms with Crippen molar-refractivity contribution in [1.29, 1.82) is 5.26 Å². The summed E-state index contributed by atoms with van der Waals surface area (Å²) in [4.78, 5) is 15.1. The third-order valence-corrected chi connectivity index (χ3v) is 2.44. The van der Waals surface area contributed by atoms with Crippen LogP contribution in [0.2, 0.25) is 0 Å². The molecule has 0 aliphatic carbocycles. The van der Waals surface area contributed by atoms with Crippen molar-refractivity contribution in [1.82, 2.24) is 0 Å². The highest BCUT2D eigenvalue weighted by Gasteiger charge is 2.24. The number of hydrogen-bond donors (Lipinski definition) is 0. The minimum Gasteiger partial charge on any atom is -0.271 e. The lowest BCUT2D eigenvalue weighted by atomic mass is 10.1. The molecule has 14 heavy (non-hydrogen) atoms. The van der Waals surface area contributed by atoms with E-state index >= 15 is 0 Å². The van der Waals surface area contributed by atoms with Crippen LogP contribution in [0, 0.1) is 17.2 Å². The van der Waals surface area contributed by atoms with Gasteiger partial charge in [0.05, 0.1) is 16.5 Å². The number of amides is 1. The fourth-order valence-corrected chi connectivity index (χ4v) is 1.63. The van der Waals surface area contributed by atoms with Gasteiger partial charge in [0.2, 0.25) is 0 Å². The summed E-state index contributed by atoms with van der Waals surface area (Å²) in [6.07, 6.45) is 0. The van der Waals surface area contributed by atoms with E-state index in [1.165, 1.54) is 0 Å². The van der Waals surface area contributed by atoms with Crippen molar-refractivity contribution in [2.75, 3.05) is 0 Å². The number of nitriles is 1. The van der Waals surface area contributed by atoms with Gasteiger partial charge in [0.15, 0.2) is 5.92 Å². The van der Waals surface area contributed by atoms with Crippen molar-refractivity contribution < 1.29 is 4.79 Å². The molecule has 0 N–H and O–H groups in total. The van der Waals surface area contributed by atoms with E-state index in [-0.39, 0.29) is 5.03 Å². The Hall–Kier alpha value is -1.66. The largest absolute Gasteiger partial charge is 0.271 e. The summed E-state index contributed by atoms with van der Waals surface area (Å²) in [5.41, 5.74) is 0. The molecule has 1 aliphatic rings. The van der Waals surface area contributed by atoms with Crippen molar-refractivity contribution in [3.8, 4) is 6.07 Å². The number of benzene rings is 1. The summed E-state index contributed by atoms with van der Waals surface area (Å²) < 4.78 is 0. The first kappa shape index (κ1) is 8.92. The predicted molar refractivity (Wildman–Crippen MR) is 50.6 cm³/mol. The van der Waals surface area contributed by atoms with Crippen LogP contribution in [-0.2, 0) is 4.79 Å². The lowest BCUT2D eigenvalue weighted by molar-refractivity contribution is -0.119. The van der Waals surface area contributed by atoms with E-state index in [0.717, 1.165) is 0 Å². The molecule has 0 saturated carbocycles. The Balaban J connectivity index is 2.86. The lowest BCUT2D eigenvalue weighted by Crippen LogP contribution is -2.35. The maximum absolute atomic E-state index is 11.3. The molecule has 4 heteroatoms. The lowest BCUT2D eigenvalue weighted by Gasteiger charge is -2.07. The van der Waals surface area contributed by atoms with Crippen molar-refractivity contribution in [3.05, 3.63) is 34.8 Å². The number of hydrogen-bond acceptors (Lipinski definition) is 2. The fraction of sp³-hybridized carbons (Fsp3) is 0.100. The predicted octanol–water partition coefficient (Wildman–Crippen LogP) is 0.333. The average Bonchev–Trinajstić information content (AvgIpc) is 2.18. The van der Waals surface area contributed by atoms with Crippen LogP contribution < -0.4 is 10.6 Å². The Labute approximate surface area is 84.9 Å². The minimum atomic E-state index is -0.938. The van der Waals surface area contributed by atoms with E-state index < -0.39 is 11.8 Å². The topological polar surface area (TPSA) is 53.2 Å². The molecule has 1 heterocycles. The molecule has 1 unspecified atom stereocenters. The van der Waals surface area contributed by atoms with Crippen LogP contribution in [0.25, 0.3) is 5.03 Å². The molecular formula is C10H5ClN2O. The van der Waals surface area contributed by atoms with E-state index in [0.29, 0.717) is 10.6 Å². The molecule has 0 bridgehead atoms. The minimum absolute atomic E-state index is 0.267. The Morgan fingerprint density at radius 3 is 2.86 bits per heavy atom. The zero-order chi connectivity index (χ0) is 10.1. The second kappa shape index (κ2) is 3.24. The number of rotatable bonds is 0. The van der Waals surface area contributed by atoms with Gasteiger partial charge in [-0.15, -0.1) is 0 Å². The van der Waals surface area contributed by atoms with Crippen LogP contribution >= 0.6 is 11.6 Å². The van der Waals surface area contributed by atoms with Gasteiger partial charge in [0.25, 0.3) is 5.91 Å². The molecule has 1 atom stereocenters. The molecule has 1 aromatic carbocycles. The van der Waals surface area contributed by atoms with Gasteiger partial charge in [0.1, 0.15) is 0 Å². The molecule has 0 spiro atoms. The van der Waals surface area contributed by atoms with Gasteiger partial charge >= 0.3 is 0 Å². The van der Waals surface area contributed by atoms with E-state index in [4.69, 9.17) is 16.9 Å². The van der Waals surface area contributed by atoms with Gasteiger partial charge < -0.3 is 0 Å². The summed E-state index contributed by atoms with van der Waals surface area (Å²) in [5, 5.41) is 10.2. The third kappa shape index (κ3) is 1.21. The van der Waals surface area contributed by atoms with E-state index in [2.05, 4.69) is 4.99 Å². The highest BCUT2D eigenvalue weighted by atomic mass is 35.5. The highest BCUT2D eigenvalue weighted by molar-refractivity contribution is 6.47. The first-order valence-electron chi connectivity index (χ1n) is 4.01. The molecule has 1 aliphatic heterocycles. The third-order valence-electron chi connectivity index (χ3n) is 2.02. The molecule has 1 amide bonds. The molecule has 2 rings (SSSR count). The molecule has 3 nitrogen and oxygen atoms in total. The molecule has 0 aromatic heterocycles. The Kier molecular flexibility index (Phi) is 2.06. The van der Waals surface area contributed by atoms with Gasteiger partial charge in [-0.3, -0.25) is 4.79 Å². The number of carbonyl (C=O) groups excluding carboxylic acids is 1. The van der Waals surface area contributed by atoms with Crippen molar-refractivity contribution in [2.24, 2.45) is 10.9 Å². The van der Waals surface area contributed by atoms with E-state index in [1.807, 2.05) is 6.07 Å². The van der Waals surface area contributed by atoms with Gasteiger partial charge in [0, 0.05) is 5.22 Å². The van der Waals surface area contributed by atoms with Crippen LogP contribution in [0.1, 0.15) is 0 Å². The first-order valence-corrected chi connectivity index (χ1v) is 4.39. The van der Waals surface area contributed by atoms with E-state index in [1.54, 1.807) is 24.3 Å². The summed E-state index contributed by atoms with van der Waals surface area (Å²) in [5.74, 6) is -1.43. The smallest absolute Gasteiger partial charge is 0.269 e. The molecule has 0 saturated heterocycles. The van der Waals surface area contributed by atoms with Gasteiger partial charge in [-0.1, -0.05) is 29.8 Å². The highest BCUT2D eigenvalue weighted by Crippen LogP contribution is 2.17. The summed E-state index contributed by atoms with van der Waals surface area (Å²) >= 11 is 5.92. The molecule has 68 valence electrons. The van der Waals surface area contributed by atoms with Gasteiger partial charge in [-0.05, 0) is 6.07 Å². The van der Waals surface area contributed by atoms with Crippen LogP contribution in [-0.4, -0.2) is 5.91 Å². The number of nitrogens with zero attached hydrogens (tertiary/aromatic N) is 2. The van der Waals surface area contributed by atoms with Crippen molar-refractivity contribution in [3.63, 3.8) is 0 Å². The Bertz CT molecular complexity index is 556. The number of fused-ring (bicyclic) bond motifs is 1. The van der Waals surface area contributed by atoms with Crippen molar-refractivity contribution in [2.45, 2.75) is 0 Å². The number of para-hydroxylation sites is 1. The average molecular weight is 205 g/mol. The first-order chi connectivity index (χ1) is 6.74. The van der Waals surface area contributed by atoms with Gasteiger partial charge in [-0.2, -0.15) is 5.26 Å².